The van der Waals surface area contributed by atoms with Gasteiger partial charge in [0, 0.05) is 75.1 Å². The van der Waals surface area contributed by atoms with Gasteiger partial charge < -0.3 is 52.3 Å². The average Bonchev–Trinajstić information content (AvgIpc) is 1.69. The molecule has 4 aliphatic heterocycles. The van der Waals surface area contributed by atoms with Crippen LogP contribution in [-0.4, -0.2) is 154 Å². The number of nitro benzene ring substituents is 1. The number of aromatic nitrogens is 3. The predicted octanol–water partition coefficient (Wildman–Crippen LogP) is 9.99. The zero-order valence-electron chi connectivity index (χ0n) is 51.7. The molecule has 4 aliphatic rings. The van der Waals surface area contributed by atoms with Crippen LogP contribution in [0.3, 0.4) is 0 Å². The lowest BCUT2D eigenvalue weighted by atomic mass is 9.73. The first kappa shape index (κ1) is 65.3. The van der Waals surface area contributed by atoms with Crippen LogP contribution in [0, 0.1) is 39.7 Å². The van der Waals surface area contributed by atoms with E-state index in [0.29, 0.717) is 48.2 Å². The van der Waals surface area contributed by atoms with Gasteiger partial charge in [0.15, 0.2) is 30.4 Å². The fourth-order valence-corrected chi connectivity index (χ4v) is 13.4. The van der Waals surface area contributed by atoms with Crippen LogP contribution in [0.25, 0.3) is 11.3 Å². The van der Waals surface area contributed by atoms with E-state index in [0.717, 1.165) is 0 Å². The van der Waals surface area contributed by atoms with Crippen molar-refractivity contribution in [3.05, 3.63) is 112 Å². The topological polar surface area (TPSA) is 255 Å². The molecule has 0 N–H and O–H groups in total. The lowest BCUT2D eigenvalue weighted by molar-refractivity contribution is -0.384. The molecular formula is C64H85N5O17. The number of esters is 3. The van der Waals surface area contributed by atoms with Crippen LogP contribution in [0.5, 0.6) is 0 Å². The standard InChI is InChI=1S/C64H85N5O17/c1-14-49-64(11)54(68(61(74)86-64)31-22-21-30-67-36-48(65-66-67)46-28-23-29-47(33-46)69(75)76)40(5)51(70)38(3)34-62(9,77-12)55(85-60-52(37(2)32-39(4)79-60)83-58(72)44-24-17-15-18-25-44)41(6)53(42(7)57(71)81-49)82-50-35-63(10,78-13)56(43(8)80-50)84-59(73)45-26-19-16-20-27-45/h15-20,23-29,33,36-43,49-50,52-56,60H,14,21-22,30-32,34-35H2,1-13H3/t37-,38+,39+,40-,41-,42+,43-,49+,50-,52+,53-,54-,55+,56-,60-,62-,63+,64+/m0/s1. The number of non-ortho nitro benzene ring substituents is 1. The number of ketones is 1. The number of ether oxygens (including phenoxy) is 10. The van der Waals surface area contributed by atoms with Crippen LogP contribution in [0.15, 0.2) is 91.1 Å². The molecule has 0 saturated carbocycles. The molecule has 0 spiro atoms. The van der Waals surface area contributed by atoms with E-state index in [2.05, 4.69) is 10.3 Å². The van der Waals surface area contributed by atoms with E-state index in [9.17, 15) is 24.5 Å². The zero-order chi connectivity index (χ0) is 62.4. The summed E-state index contributed by atoms with van der Waals surface area (Å²) in [4.78, 5) is 85.2. The number of fused-ring (bicyclic) bond motifs is 1. The molecule has 22 heteroatoms. The van der Waals surface area contributed by atoms with Crippen molar-refractivity contribution in [2.24, 2.45) is 29.6 Å². The quantitative estimate of drug-likeness (QED) is 0.0295. The highest BCUT2D eigenvalue weighted by atomic mass is 16.7. The summed E-state index contributed by atoms with van der Waals surface area (Å²) in [7, 11) is 3.04. The maximum absolute atomic E-state index is 15.4. The smallest absolute Gasteiger partial charge is 0.410 e. The fraction of sp³-hybridized carbons (Fsp3) is 0.609. The number of nitrogens with zero attached hydrogens (tertiary/aromatic N) is 5. The van der Waals surface area contributed by atoms with Gasteiger partial charge in [-0.05, 0) is 97.9 Å². The Balaban J connectivity index is 1.14. The van der Waals surface area contributed by atoms with Crippen molar-refractivity contribution in [1.29, 1.82) is 0 Å². The Bertz CT molecular complexity index is 3000. The number of hydrogen-bond donors (Lipinski definition) is 0. The number of rotatable bonds is 18. The third-order valence-electron chi connectivity index (χ3n) is 18.1. The Kier molecular flexibility index (Phi) is 20.9. The van der Waals surface area contributed by atoms with E-state index < -0.39 is 125 Å². The van der Waals surface area contributed by atoms with Crippen molar-refractivity contribution < 1.29 is 76.3 Å². The summed E-state index contributed by atoms with van der Waals surface area (Å²) in [6.45, 7) is 20.5. The number of methoxy groups -OCH3 is 2. The maximum Gasteiger partial charge on any atom is 0.410 e. The second-order valence-electron chi connectivity index (χ2n) is 24.5. The van der Waals surface area contributed by atoms with Crippen molar-refractivity contribution in [2.45, 2.75) is 199 Å². The summed E-state index contributed by atoms with van der Waals surface area (Å²) in [6, 6.07) is 22.4. The van der Waals surface area contributed by atoms with Gasteiger partial charge in [0.1, 0.15) is 23.2 Å². The largest absolute Gasteiger partial charge is 0.458 e. The SMILES string of the molecule is CC[C@H]1OC(=O)[C@H](C)[C@@H](O[C@H]2C[C@@](C)(OC)[C@@H](OC(=O)c3ccccc3)[C@H](C)O2)[C@H](C)[C@@H](O[C@@H]2O[C@H](C)C[C@H](C)[C@H]2OC(=O)c2ccccc2)[C@@](C)(OC)C[C@@H](C)C(=O)[C@H](C)[C@@H]2N(CCCCn3cc(-c4cccc([N+](=O)[O-])c4)nn3)C(=O)O[C@@]21C. The molecule has 4 saturated heterocycles. The molecule has 0 bridgehead atoms. The summed E-state index contributed by atoms with van der Waals surface area (Å²) in [5.41, 5.74) is -2.49. The number of amides is 1. The first-order valence-electron chi connectivity index (χ1n) is 30.0. The van der Waals surface area contributed by atoms with Crippen molar-refractivity contribution >= 4 is 35.5 Å². The number of benzene rings is 3. The van der Waals surface area contributed by atoms with Crippen LogP contribution < -0.4 is 0 Å². The van der Waals surface area contributed by atoms with E-state index in [1.807, 2.05) is 41.5 Å². The second kappa shape index (κ2) is 27.6. The number of hydrogen-bond acceptors (Lipinski definition) is 19. The molecule has 1 amide bonds. The van der Waals surface area contributed by atoms with E-state index in [1.165, 1.54) is 26.4 Å². The molecule has 0 unspecified atom stereocenters. The van der Waals surface area contributed by atoms with Gasteiger partial charge in [0.2, 0.25) is 0 Å². The summed E-state index contributed by atoms with van der Waals surface area (Å²) in [5.74, 6) is -5.92. The second-order valence-corrected chi connectivity index (χ2v) is 24.5. The average molecular weight is 1200 g/mol. The van der Waals surface area contributed by atoms with Gasteiger partial charge in [-0.1, -0.05) is 88.4 Å². The number of Topliss-reactive ketones (excluding diaryl/α,β-unsaturated/α-hetero) is 1. The molecule has 22 nitrogen and oxygen atoms in total. The molecule has 3 aromatic carbocycles. The third kappa shape index (κ3) is 14.2. The minimum atomic E-state index is -1.54. The van der Waals surface area contributed by atoms with Crippen LogP contribution in [-0.2, 0) is 63.5 Å². The van der Waals surface area contributed by atoms with Crippen LogP contribution >= 0.6 is 0 Å². The number of carbonyl (C=O) groups is 5. The minimum absolute atomic E-state index is 0.0315. The summed E-state index contributed by atoms with van der Waals surface area (Å²) in [5, 5.41) is 19.9. The van der Waals surface area contributed by atoms with Gasteiger partial charge in [0.25, 0.3) is 5.69 Å². The third-order valence-corrected chi connectivity index (χ3v) is 18.1. The normalized spacial score (nSPS) is 34.5. The van der Waals surface area contributed by atoms with Gasteiger partial charge in [-0.15, -0.1) is 5.10 Å². The number of nitro groups is 1. The number of carbonyl (C=O) groups excluding carboxylic acids is 5. The zero-order valence-corrected chi connectivity index (χ0v) is 51.7. The van der Waals surface area contributed by atoms with Gasteiger partial charge in [-0.25, -0.2) is 14.4 Å². The predicted molar refractivity (Wildman–Crippen MR) is 312 cm³/mol. The van der Waals surface area contributed by atoms with Gasteiger partial charge in [-0.2, -0.15) is 0 Å². The molecule has 0 radical (unpaired) electrons. The molecule has 86 heavy (non-hydrogen) atoms. The van der Waals surface area contributed by atoms with Gasteiger partial charge in [0.05, 0.1) is 64.2 Å². The first-order chi connectivity index (χ1) is 40.8. The van der Waals surface area contributed by atoms with Crippen molar-refractivity contribution in [1.82, 2.24) is 19.9 Å². The van der Waals surface area contributed by atoms with Gasteiger partial charge in [-0.3, -0.25) is 24.4 Å². The summed E-state index contributed by atoms with van der Waals surface area (Å²) < 4.78 is 67.5. The van der Waals surface area contributed by atoms with E-state index in [4.69, 9.17) is 47.4 Å². The summed E-state index contributed by atoms with van der Waals surface area (Å²) in [6.07, 6.45) is -5.74. The molecule has 8 rings (SSSR count). The van der Waals surface area contributed by atoms with Crippen molar-refractivity contribution in [3.8, 4) is 11.3 Å². The highest BCUT2D eigenvalue weighted by molar-refractivity contribution is 5.90. The van der Waals surface area contributed by atoms with E-state index in [1.54, 1.807) is 123 Å². The van der Waals surface area contributed by atoms with Crippen molar-refractivity contribution in [3.63, 3.8) is 0 Å². The Morgan fingerprint density at radius 1 is 0.756 bits per heavy atom. The molecule has 4 fully saturated rings. The number of unbranched alkanes of at least 4 members (excludes halogenated alkanes) is 1. The molecule has 468 valence electrons. The molecule has 4 aromatic rings. The molecule has 1 aromatic heterocycles. The highest BCUT2D eigenvalue weighted by Crippen LogP contribution is 2.46. The monoisotopic (exact) mass is 1200 g/mol. The Labute approximate surface area is 503 Å². The van der Waals surface area contributed by atoms with Gasteiger partial charge >= 0.3 is 24.0 Å². The number of aryl methyl sites for hydroxylation is 1. The molecular weight excluding hydrogens is 1110 g/mol. The summed E-state index contributed by atoms with van der Waals surface area (Å²) >= 11 is 0. The lowest BCUT2D eigenvalue weighted by Gasteiger charge is -2.50. The Morgan fingerprint density at radius 3 is 2.01 bits per heavy atom. The Hall–Kier alpha value is -6.69. The lowest BCUT2D eigenvalue weighted by Crippen LogP contribution is -2.61. The Morgan fingerprint density at radius 2 is 1.38 bits per heavy atom. The molecule has 0 aliphatic carbocycles. The fourth-order valence-electron chi connectivity index (χ4n) is 13.4. The highest BCUT2D eigenvalue weighted by Gasteiger charge is 2.61. The maximum atomic E-state index is 15.4. The molecule has 18 atom stereocenters. The van der Waals surface area contributed by atoms with Crippen LogP contribution in [0.1, 0.15) is 135 Å². The number of cyclic esters (lactones) is 1. The first-order valence-corrected chi connectivity index (χ1v) is 30.0. The van der Waals surface area contributed by atoms with E-state index >= 15 is 9.59 Å². The molecule has 5 heterocycles. The minimum Gasteiger partial charge on any atom is -0.458 e. The van der Waals surface area contributed by atoms with Crippen LogP contribution in [0.2, 0.25) is 0 Å². The van der Waals surface area contributed by atoms with Crippen LogP contribution in [0.4, 0.5) is 10.5 Å². The van der Waals surface area contributed by atoms with Crippen molar-refractivity contribution in [2.75, 3.05) is 20.8 Å². The van der Waals surface area contributed by atoms with E-state index in [-0.39, 0.29) is 49.3 Å².